The molecular weight excluding hydrogens is 564 g/mol. The number of carbonyl (C=O) groups is 5. The number of barbiturate groups is 1. The van der Waals surface area contributed by atoms with Crippen molar-refractivity contribution in [3.8, 4) is 0 Å². The maximum absolute atomic E-state index is 13.9. The van der Waals surface area contributed by atoms with Crippen molar-refractivity contribution >= 4 is 53.3 Å². The molecule has 0 aromatic rings. The minimum Gasteiger partial charge on any atom is -0.381 e. The van der Waals surface area contributed by atoms with Crippen LogP contribution in [0, 0.1) is 11.3 Å². The van der Waals surface area contributed by atoms with E-state index in [-0.39, 0.29) is 34.9 Å². The first-order valence-electron chi connectivity index (χ1n) is 15.0. The Bertz CT molecular complexity index is 1130. The number of imide groups is 3. The first-order valence-corrected chi connectivity index (χ1v) is 17.0. The third-order valence-corrected chi connectivity index (χ3v) is 11.6. The Kier molecular flexibility index (Phi) is 8.84. The highest BCUT2D eigenvalue weighted by atomic mass is 32.2. The normalized spacial score (nSPS) is 30.7. The maximum Gasteiger partial charge on any atom is 0.334 e. The second kappa shape index (κ2) is 11.9. The summed E-state index contributed by atoms with van der Waals surface area (Å²) < 4.78 is 6.01. The third kappa shape index (κ3) is 5.11. The lowest BCUT2D eigenvalue weighted by atomic mass is 9.51. The number of carbonyl (C=O) groups excluding carboxylic acids is 5. The lowest BCUT2D eigenvalue weighted by Gasteiger charge is -2.59. The first-order chi connectivity index (χ1) is 19.6. The Morgan fingerprint density at radius 1 is 0.927 bits per heavy atom. The van der Waals surface area contributed by atoms with Crippen molar-refractivity contribution in [1.29, 1.82) is 0 Å². The van der Waals surface area contributed by atoms with Gasteiger partial charge in [0.25, 0.3) is 17.7 Å². The van der Waals surface area contributed by atoms with E-state index in [1.807, 2.05) is 20.8 Å². The van der Waals surface area contributed by atoms with E-state index in [0.29, 0.717) is 62.6 Å². The van der Waals surface area contributed by atoms with E-state index >= 15 is 0 Å². The van der Waals surface area contributed by atoms with Gasteiger partial charge in [-0.1, -0.05) is 27.2 Å². The molecule has 226 valence electrons. The van der Waals surface area contributed by atoms with Crippen LogP contribution in [0.5, 0.6) is 0 Å². The number of likely N-dealkylation sites (N-methyl/N-ethyl adjacent to an activating group) is 1. The summed E-state index contributed by atoms with van der Waals surface area (Å²) in [5, 5.41) is 0. The van der Waals surface area contributed by atoms with Gasteiger partial charge in [0.2, 0.25) is 0 Å². The van der Waals surface area contributed by atoms with Gasteiger partial charge in [0, 0.05) is 32.1 Å². The average molecular weight is 607 g/mol. The van der Waals surface area contributed by atoms with Crippen LogP contribution >= 0.6 is 23.5 Å². The van der Waals surface area contributed by atoms with Crippen LogP contribution in [0.4, 0.5) is 9.59 Å². The van der Waals surface area contributed by atoms with Crippen molar-refractivity contribution in [2.24, 2.45) is 11.3 Å². The Morgan fingerprint density at radius 2 is 1.56 bits per heavy atom. The minimum absolute atomic E-state index is 0.0917. The van der Waals surface area contributed by atoms with Gasteiger partial charge in [-0.3, -0.25) is 29.1 Å². The summed E-state index contributed by atoms with van der Waals surface area (Å²) in [5.41, 5.74) is -0.740. The van der Waals surface area contributed by atoms with Gasteiger partial charge in [-0.05, 0) is 61.9 Å². The number of nitrogens with zero attached hydrogens (tertiary/aromatic N) is 4. The summed E-state index contributed by atoms with van der Waals surface area (Å²) >= 11 is 2.97. The molecule has 3 saturated heterocycles. The highest BCUT2D eigenvalue weighted by Crippen LogP contribution is 2.61. The van der Waals surface area contributed by atoms with E-state index < -0.39 is 23.4 Å². The molecule has 10 nitrogen and oxygen atoms in total. The fraction of sp³-hybridized carbons (Fsp3) is 0.759. The molecule has 41 heavy (non-hydrogen) atoms. The molecule has 0 aromatic heterocycles. The van der Waals surface area contributed by atoms with E-state index in [1.54, 1.807) is 11.9 Å². The Morgan fingerprint density at radius 3 is 2.10 bits per heavy atom. The molecule has 5 aliphatic rings. The molecule has 2 aliphatic carbocycles. The predicted octanol–water partition coefficient (Wildman–Crippen LogP) is 4.30. The number of unbranched alkanes of at least 4 members (excludes halogenated alkanes) is 1. The number of hydrogen-bond donors (Lipinski definition) is 0. The van der Waals surface area contributed by atoms with Crippen LogP contribution in [-0.4, -0.2) is 106 Å². The van der Waals surface area contributed by atoms with Crippen LogP contribution in [0.3, 0.4) is 0 Å². The van der Waals surface area contributed by atoms with Gasteiger partial charge in [0.1, 0.15) is 11.1 Å². The van der Waals surface area contributed by atoms with Crippen molar-refractivity contribution in [2.75, 3.05) is 44.9 Å². The van der Waals surface area contributed by atoms with Crippen molar-refractivity contribution in [3.63, 3.8) is 0 Å². The number of amides is 7. The molecule has 2 spiro atoms. The van der Waals surface area contributed by atoms with E-state index in [2.05, 4.69) is 0 Å². The zero-order valence-electron chi connectivity index (χ0n) is 24.6. The first kappa shape index (κ1) is 30.4. The Hall–Kier alpha value is -2.05. The lowest BCUT2D eigenvalue weighted by molar-refractivity contribution is -0.153. The number of urea groups is 2. The monoisotopic (exact) mass is 606 g/mol. The molecule has 0 atom stereocenters. The molecule has 5 fully saturated rings. The fourth-order valence-corrected chi connectivity index (χ4v) is 9.45. The summed E-state index contributed by atoms with van der Waals surface area (Å²) in [7, 11) is 1.57. The van der Waals surface area contributed by atoms with Gasteiger partial charge in [0.15, 0.2) is 0 Å². The van der Waals surface area contributed by atoms with Gasteiger partial charge in [-0.25, -0.2) is 9.59 Å². The molecule has 3 aliphatic heterocycles. The molecule has 7 amide bonds. The summed E-state index contributed by atoms with van der Waals surface area (Å²) in [6.07, 6.45) is 5.55. The highest BCUT2D eigenvalue weighted by molar-refractivity contribution is 8.22. The molecule has 5 rings (SSSR count). The maximum atomic E-state index is 13.9. The van der Waals surface area contributed by atoms with Crippen molar-refractivity contribution < 1.29 is 28.7 Å². The molecule has 0 unspecified atom stereocenters. The largest absolute Gasteiger partial charge is 0.381 e. The second-order valence-corrected chi connectivity index (χ2v) is 14.9. The number of ether oxygens (including phenoxy) is 1. The molecule has 2 saturated carbocycles. The molecule has 0 N–H and O–H groups in total. The van der Waals surface area contributed by atoms with Crippen LogP contribution in [0.2, 0.25) is 0 Å². The van der Waals surface area contributed by atoms with E-state index in [4.69, 9.17) is 4.74 Å². The quantitative estimate of drug-likeness (QED) is 0.206. The minimum atomic E-state index is -0.784. The third-order valence-electron chi connectivity index (χ3n) is 9.42. The number of hydrogen-bond acceptors (Lipinski definition) is 8. The van der Waals surface area contributed by atoms with Crippen LogP contribution < -0.4 is 0 Å². The van der Waals surface area contributed by atoms with Crippen LogP contribution in [0.25, 0.3) is 0 Å². The zero-order valence-corrected chi connectivity index (χ0v) is 26.2. The summed E-state index contributed by atoms with van der Waals surface area (Å²) in [4.78, 5) is 73.0. The van der Waals surface area contributed by atoms with Gasteiger partial charge in [0.05, 0.1) is 17.5 Å². The molecule has 0 bridgehead atoms. The standard InChI is InChI=1S/C29H42N4O6S2/c1-5-8-13-31-22(34)21(24(40-6-2)41-7-3)23(35)33(27(31)38)20-9-11-28(12-10-20)17-29(18-28)25(36)30(4)26(37)32(29)14-19-15-39-16-19/h19-20H,5-18H2,1-4H3. The topological polar surface area (TPSA) is 108 Å². The lowest BCUT2D eigenvalue weighted by Crippen LogP contribution is -2.66. The molecule has 12 heteroatoms. The Balaban J connectivity index is 1.33. The van der Waals surface area contributed by atoms with Gasteiger partial charge in [-0.2, -0.15) is 0 Å². The van der Waals surface area contributed by atoms with E-state index in [9.17, 15) is 24.0 Å². The van der Waals surface area contributed by atoms with Crippen molar-refractivity contribution in [1.82, 2.24) is 19.6 Å². The highest BCUT2D eigenvalue weighted by Gasteiger charge is 2.68. The van der Waals surface area contributed by atoms with Crippen LogP contribution in [0.1, 0.15) is 72.1 Å². The second-order valence-electron chi connectivity index (χ2n) is 12.1. The zero-order chi connectivity index (χ0) is 29.5. The SMILES string of the molecule is CCCCN1C(=O)C(=C(SCC)SCC)C(=O)N(C2CCC3(CC2)CC2(C3)C(=O)N(C)C(=O)N2CC2COC2)C1=O. The molecular formula is C29H42N4O6S2. The van der Waals surface area contributed by atoms with Crippen molar-refractivity contribution in [2.45, 2.75) is 83.7 Å². The average Bonchev–Trinajstić information content (AvgIpc) is 3.08. The van der Waals surface area contributed by atoms with Gasteiger partial charge >= 0.3 is 12.1 Å². The predicted molar refractivity (Wildman–Crippen MR) is 158 cm³/mol. The number of rotatable bonds is 10. The summed E-state index contributed by atoms with van der Waals surface area (Å²) in [6, 6.07) is -1.02. The van der Waals surface area contributed by atoms with Crippen LogP contribution in [-0.2, 0) is 19.1 Å². The van der Waals surface area contributed by atoms with E-state index in [1.165, 1.54) is 38.2 Å². The summed E-state index contributed by atoms with van der Waals surface area (Å²) in [5.74, 6) is 0.656. The Labute approximate surface area is 250 Å². The summed E-state index contributed by atoms with van der Waals surface area (Å²) in [6.45, 7) is 8.06. The molecule has 0 radical (unpaired) electrons. The van der Waals surface area contributed by atoms with E-state index in [0.717, 1.165) is 30.8 Å². The van der Waals surface area contributed by atoms with Crippen LogP contribution in [0.15, 0.2) is 9.81 Å². The van der Waals surface area contributed by atoms with Gasteiger partial charge < -0.3 is 9.64 Å². The van der Waals surface area contributed by atoms with Gasteiger partial charge in [-0.15, -0.1) is 23.5 Å². The van der Waals surface area contributed by atoms with Crippen molar-refractivity contribution in [3.05, 3.63) is 9.81 Å². The fourth-order valence-electron chi connectivity index (χ4n) is 7.25. The molecule has 3 heterocycles. The number of thioether (sulfide) groups is 2. The smallest absolute Gasteiger partial charge is 0.334 e. The molecule has 0 aromatic carbocycles.